The van der Waals surface area contributed by atoms with Crippen molar-refractivity contribution in [2.75, 3.05) is 13.7 Å². The van der Waals surface area contributed by atoms with E-state index >= 15 is 0 Å². The predicted octanol–water partition coefficient (Wildman–Crippen LogP) is 7.10. The minimum absolute atomic E-state index is 0.0870. The lowest BCUT2D eigenvalue weighted by molar-refractivity contribution is -0.147. The lowest BCUT2D eigenvalue weighted by atomic mass is 9.73. The second-order valence-electron chi connectivity index (χ2n) is 10.4. The highest BCUT2D eigenvalue weighted by molar-refractivity contribution is 9.10. The lowest BCUT2D eigenvalue weighted by Crippen LogP contribution is -2.41. The van der Waals surface area contributed by atoms with Crippen LogP contribution in [0.2, 0.25) is 18.1 Å². The molecule has 0 bridgehead atoms. The summed E-state index contributed by atoms with van der Waals surface area (Å²) in [6.07, 6.45) is 2.64. The minimum atomic E-state index is -1.73. The number of hydrogen-bond donors (Lipinski definition) is 0. The van der Waals surface area contributed by atoms with Crippen LogP contribution in [0.1, 0.15) is 66.4 Å². The Bertz CT molecular complexity index is 664. The van der Waals surface area contributed by atoms with E-state index in [2.05, 4.69) is 63.6 Å². The maximum atomic E-state index is 12.7. The molecule has 1 rings (SSSR count). The first-order valence-corrected chi connectivity index (χ1v) is 13.8. The van der Waals surface area contributed by atoms with Crippen LogP contribution in [0.5, 0.6) is 0 Å². The Morgan fingerprint density at radius 3 is 2.14 bits per heavy atom. The Balaban J connectivity index is 2.82. The summed E-state index contributed by atoms with van der Waals surface area (Å²) in [7, 11) is -0.257. The molecule has 1 atom stereocenters. The van der Waals surface area contributed by atoms with Crippen LogP contribution in [0.4, 0.5) is 0 Å². The van der Waals surface area contributed by atoms with E-state index in [0.29, 0.717) is 0 Å². The van der Waals surface area contributed by atoms with Gasteiger partial charge in [-0.1, -0.05) is 62.7 Å². The number of halogens is 1. The zero-order valence-corrected chi connectivity index (χ0v) is 21.8. The molecular weight excluding hydrogens is 432 g/mol. The second kappa shape index (κ2) is 9.44. The van der Waals surface area contributed by atoms with Gasteiger partial charge in [-0.05, 0) is 67.4 Å². The van der Waals surface area contributed by atoms with E-state index in [1.165, 1.54) is 7.11 Å². The third kappa shape index (κ3) is 6.70. The van der Waals surface area contributed by atoms with Gasteiger partial charge < -0.3 is 9.16 Å². The molecule has 0 saturated carbocycles. The summed E-state index contributed by atoms with van der Waals surface area (Å²) in [5.74, 6) is -0.182. The molecule has 0 aliphatic rings. The van der Waals surface area contributed by atoms with Crippen molar-refractivity contribution in [2.24, 2.45) is 5.41 Å². The normalized spacial score (nSPS) is 15.2. The Hall–Kier alpha value is -0.653. The average Bonchev–Trinajstić information content (AvgIpc) is 2.57. The van der Waals surface area contributed by atoms with Crippen LogP contribution in [0.25, 0.3) is 0 Å². The van der Waals surface area contributed by atoms with Crippen molar-refractivity contribution in [2.45, 2.75) is 84.4 Å². The Kier molecular flexibility index (Phi) is 8.56. The summed E-state index contributed by atoms with van der Waals surface area (Å²) >= 11 is 3.52. The topological polar surface area (TPSA) is 35.5 Å². The van der Waals surface area contributed by atoms with Gasteiger partial charge in [0.2, 0.25) is 0 Å². The van der Waals surface area contributed by atoms with Gasteiger partial charge >= 0.3 is 5.97 Å². The molecule has 28 heavy (non-hydrogen) atoms. The largest absolute Gasteiger partial charge is 0.468 e. The van der Waals surface area contributed by atoms with Gasteiger partial charge in [0.15, 0.2) is 8.32 Å². The maximum absolute atomic E-state index is 12.7. The van der Waals surface area contributed by atoms with Gasteiger partial charge in [0.05, 0.1) is 12.5 Å². The van der Waals surface area contributed by atoms with Crippen LogP contribution in [0.3, 0.4) is 0 Å². The number of ether oxygens (including phenoxy) is 1. The van der Waals surface area contributed by atoms with Crippen molar-refractivity contribution in [1.82, 2.24) is 0 Å². The van der Waals surface area contributed by atoms with E-state index in [0.717, 1.165) is 35.9 Å². The minimum Gasteiger partial charge on any atom is -0.468 e. The van der Waals surface area contributed by atoms with Crippen LogP contribution in [-0.2, 0) is 19.4 Å². The van der Waals surface area contributed by atoms with E-state index in [-0.39, 0.29) is 16.4 Å². The van der Waals surface area contributed by atoms with Crippen LogP contribution in [0.15, 0.2) is 28.7 Å². The predicted molar refractivity (Wildman–Crippen MR) is 124 cm³/mol. The molecule has 3 nitrogen and oxygen atoms in total. The van der Waals surface area contributed by atoms with E-state index in [9.17, 15) is 4.79 Å². The molecule has 0 N–H and O–H groups in total. The van der Waals surface area contributed by atoms with Crippen LogP contribution >= 0.6 is 15.9 Å². The molecule has 0 heterocycles. The van der Waals surface area contributed by atoms with E-state index in [4.69, 9.17) is 9.16 Å². The number of carbonyl (C=O) groups excluding carboxylic acids is 1. The molecule has 0 aliphatic heterocycles. The fourth-order valence-corrected chi connectivity index (χ4v) is 4.38. The Morgan fingerprint density at radius 1 is 1.04 bits per heavy atom. The Labute approximate surface area is 181 Å². The number of benzene rings is 1. The van der Waals surface area contributed by atoms with Gasteiger partial charge in [0, 0.05) is 11.1 Å². The first-order valence-electron chi connectivity index (χ1n) is 10.1. The standard InChI is InChI=1S/C23H39BrO3Si/c1-21(2,3)28(8,9)27-16-15-22(4,5)13-14-23(6,20(25)26-7)18-11-10-12-19(24)17-18/h10-12,17H,13-16H2,1-9H3. The number of methoxy groups -OCH3 is 1. The zero-order chi connectivity index (χ0) is 21.8. The highest BCUT2D eigenvalue weighted by Crippen LogP contribution is 2.39. The highest BCUT2D eigenvalue weighted by atomic mass is 79.9. The summed E-state index contributed by atoms with van der Waals surface area (Å²) in [5.41, 5.74) is 0.418. The van der Waals surface area contributed by atoms with Gasteiger partial charge in [-0.2, -0.15) is 0 Å². The van der Waals surface area contributed by atoms with E-state index in [1.807, 2.05) is 31.2 Å². The number of esters is 1. The fourth-order valence-electron chi connectivity index (χ4n) is 2.93. The quantitative estimate of drug-likeness (QED) is 0.285. The van der Waals surface area contributed by atoms with E-state index in [1.54, 1.807) is 0 Å². The summed E-state index contributed by atoms with van der Waals surface area (Å²) in [6, 6.07) is 7.97. The van der Waals surface area contributed by atoms with Crippen molar-refractivity contribution in [3.63, 3.8) is 0 Å². The van der Waals surface area contributed by atoms with Crippen molar-refractivity contribution in [3.8, 4) is 0 Å². The molecule has 0 fully saturated rings. The van der Waals surface area contributed by atoms with Crippen LogP contribution in [-0.4, -0.2) is 28.0 Å². The monoisotopic (exact) mass is 470 g/mol. The van der Waals surface area contributed by atoms with Gasteiger partial charge in [-0.15, -0.1) is 0 Å². The van der Waals surface area contributed by atoms with Crippen molar-refractivity contribution < 1.29 is 14.0 Å². The molecular formula is C23H39BrO3Si. The highest BCUT2D eigenvalue weighted by Gasteiger charge is 2.39. The van der Waals surface area contributed by atoms with Crippen LogP contribution < -0.4 is 0 Å². The third-order valence-corrected chi connectivity index (χ3v) is 11.5. The molecule has 5 heteroatoms. The van der Waals surface area contributed by atoms with Gasteiger partial charge in [-0.3, -0.25) is 4.79 Å². The summed E-state index contributed by atoms with van der Waals surface area (Å²) in [5, 5.41) is 0.224. The maximum Gasteiger partial charge on any atom is 0.315 e. The van der Waals surface area contributed by atoms with Crippen molar-refractivity contribution >= 4 is 30.2 Å². The first kappa shape index (κ1) is 25.4. The second-order valence-corrected chi connectivity index (χ2v) is 16.1. The van der Waals surface area contributed by atoms with E-state index < -0.39 is 13.7 Å². The number of hydrogen-bond acceptors (Lipinski definition) is 3. The van der Waals surface area contributed by atoms with Crippen LogP contribution in [0, 0.1) is 5.41 Å². The molecule has 1 aromatic carbocycles. The smallest absolute Gasteiger partial charge is 0.315 e. The summed E-state index contributed by atoms with van der Waals surface area (Å²) in [4.78, 5) is 12.7. The molecule has 0 aliphatic carbocycles. The third-order valence-electron chi connectivity index (χ3n) is 6.45. The summed E-state index contributed by atoms with van der Waals surface area (Å²) < 4.78 is 12.5. The number of carbonyl (C=O) groups is 1. The zero-order valence-electron chi connectivity index (χ0n) is 19.2. The van der Waals surface area contributed by atoms with Gasteiger partial charge in [0.1, 0.15) is 0 Å². The SMILES string of the molecule is COC(=O)C(C)(CCC(C)(C)CCO[Si](C)(C)C(C)(C)C)c1cccc(Br)c1. The lowest BCUT2D eigenvalue weighted by Gasteiger charge is -2.38. The average molecular weight is 472 g/mol. The molecule has 0 radical (unpaired) electrons. The fraction of sp³-hybridized carbons (Fsp3) is 0.696. The van der Waals surface area contributed by atoms with Gasteiger partial charge in [-0.25, -0.2) is 0 Å². The Morgan fingerprint density at radius 2 is 1.64 bits per heavy atom. The molecule has 0 amide bonds. The van der Waals surface area contributed by atoms with Gasteiger partial charge in [0.25, 0.3) is 0 Å². The van der Waals surface area contributed by atoms with Crippen molar-refractivity contribution in [3.05, 3.63) is 34.3 Å². The molecule has 0 spiro atoms. The first-order chi connectivity index (χ1) is 12.6. The molecule has 1 aromatic rings. The molecule has 1 unspecified atom stereocenters. The van der Waals surface area contributed by atoms with Crippen molar-refractivity contribution in [1.29, 1.82) is 0 Å². The summed E-state index contributed by atoms with van der Waals surface area (Å²) in [6.45, 7) is 18.7. The molecule has 0 saturated heterocycles. The molecule has 0 aromatic heterocycles. The number of rotatable bonds is 9. The molecule has 160 valence electrons.